The Labute approximate surface area is 202 Å². The molecule has 0 spiro atoms. The maximum Gasteiger partial charge on any atom is 0.258 e. The normalized spacial score (nSPS) is 11.7. The Kier molecular flexibility index (Phi) is 9.74. The van der Waals surface area contributed by atoms with Crippen LogP contribution in [-0.4, -0.2) is 45.2 Å². The highest BCUT2D eigenvalue weighted by Gasteiger charge is 2.26. The molecule has 0 aromatic heterocycles. The molecule has 0 aliphatic carbocycles. The van der Waals surface area contributed by atoms with E-state index in [4.69, 9.17) is 42.1 Å². The van der Waals surface area contributed by atoms with Crippen LogP contribution in [0.5, 0.6) is 23.0 Å². The summed E-state index contributed by atoms with van der Waals surface area (Å²) in [4.78, 5) is 25.0. The van der Waals surface area contributed by atoms with Gasteiger partial charge in [0.1, 0.15) is 5.69 Å². The molecule has 0 fully saturated rings. The first-order valence-corrected chi connectivity index (χ1v) is 10.7. The summed E-state index contributed by atoms with van der Waals surface area (Å²) in [7, 11) is 2.85. The van der Waals surface area contributed by atoms with Crippen LogP contribution in [0.2, 0.25) is 10.0 Å². The van der Waals surface area contributed by atoms with Crippen LogP contribution in [0.15, 0.2) is 34.5 Å². The number of anilines is 1. The maximum absolute atomic E-state index is 12.9. The molecule has 0 saturated heterocycles. The number of benzene rings is 2. The van der Waals surface area contributed by atoms with Gasteiger partial charge in [0.15, 0.2) is 28.8 Å². The number of hydrogen-bond acceptors (Lipinski definition) is 8. The van der Waals surface area contributed by atoms with E-state index in [-0.39, 0.29) is 27.2 Å². The van der Waals surface area contributed by atoms with Crippen molar-refractivity contribution in [2.45, 2.75) is 26.8 Å². The molecule has 1 atom stereocenters. The van der Waals surface area contributed by atoms with Crippen molar-refractivity contribution in [2.75, 3.05) is 32.8 Å². The molecule has 0 saturated carbocycles. The van der Waals surface area contributed by atoms with E-state index in [1.807, 2.05) is 13.8 Å². The molecule has 0 aliphatic heterocycles. The van der Waals surface area contributed by atoms with Gasteiger partial charge in [-0.2, -0.15) is 10.2 Å². The summed E-state index contributed by atoms with van der Waals surface area (Å²) in [6.45, 7) is 5.62. The predicted octanol–water partition coefficient (Wildman–Crippen LogP) is 5.49. The van der Waals surface area contributed by atoms with Gasteiger partial charge in [0.05, 0.1) is 43.2 Å². The van der Waals surface area contributed by atoms with Crippen LogP contribution in [0.1, 0.15) is 20.8 Å². The van der Waals surface area contributed by atoms with Crippen LogP contribution >= 0.6 is 23.2 Å². The summed E-state index contributed by atoms with van der Waals surface area (Å²) in [5.74, 6) is 0.0270. The van der Waals surface area contributed by atoms with Gasteiger partial charge in [-0.1, -0.05) is 23.2 Å². The molecule has 11 heteroatoms. The summed E-state index contributed by atoms with van der Waals surface area (Å²) in [6, 6.07) is 4.72. The zero-order valence-electron chi connectivity index (χ0n) is 18.9. The third-order valence-corrected chi connectivity index (χ3v) is 4.84. The molecule has 178 valence electrons. The minimum absolute atomic E-state index is 0.146. The monoisotopic (exact) mass is 497 g/mol. The molecule has 0 heterocycles. The Bertz CT molecular complexity index is 1050. The van der Waals surface area contributed by atoms with Gasteiger partial charge >= 0.3 is 0 Å². The van der Waals surface area contributed by atoms with Gasteiger partial charge in [-0.3, -0.25) is 9.59 Å². The fourth-order valence-electron chi connectivity index (χ4n) is 2.81. The average molecular weight is 498 g/mol. The van der Waals surface area contributed by atoms with Crippen molar-refractivity contribution in [3.05, 3.63) is 34.3 Å². The number of methoxy groups -OCH3 is 2. The minimum Gasteiger partial charge on any atom is -0.493 e. The molecular formula is C22H25Cl2N3O6. The molecule has 0 radical (unpaired) electrons. The van der Waals surface area contributed by atoms with Crippen LogP contribution in [0.4, 0.5) is 11.4 Å². The number of carbonyl (C=O) groups is 2. The van der Waals surface area contributed by atoms with E-state index in [2.05, 4.69) is 15.5 Å². The number of azo groups is 1. The van der Waals surface area contributed by atoms with E-state index in [9.17, 15) is 9.59 Å². The lowest BCUT2D eigenvalue weighted by Crippen LogP contribution is -2.32. The smallest absolute Gasteiger partial charge is 0.258 e. The summed E-state index contributed by atoms with van der Waals surface area (Å²) in [6.07, 6.45) is 0. The van der Waals surface area contributed by atoms with Crippen molar-refractivity contribution >= 4 is 46.3 Å². The van der Waals surface area contributed by atoms with Crippen molar-refractivity contribution in [3.63, 3.8) is 0 Å². The Morgan fingerprint density at radius 1 is 0.970 bits per heavy atom. The number of ketones is 1. The van der Waals surface area contributed by atoms with Crippen molar-refractivity contribution < 1.29 is 28.5 Å². The molecule has 1 amide bonds. The lowest BCUT2D eigenvalue weighted by molar-refractivity contribution is -0.126. The highest BCUT2D eigenvalue weighted by molar-refractivity contribution is 6.34. The number of Topliss-reactive ketones (excluding diaryl/α,β-unsaturated/α-hetero) is 1. The molecule has 1 N–H and O–H groups in total. The fourth-order valence-corrected chi connectivity index (χ4v) is 3.27. The van der Waals surface area contributed by atoms with Crippen molar-refractivity contribution in [3.8, 4) is 23.0 Å². The van der Waals surface area contributed by atoms with E-state index in [0.29, 0.717) is 30.5 Å². The lowest BCUT2D eigenvalue weighted by Gasteiger charge is -2.16. The Morgan fingerprint density at radius 3 is 2.24 bits per heavy atom. The van der Waals surface area contributed by atoms with E-state index in [0.717, 1.165) is 0 Å². The second kappa shape index (κ2) is 12.3. The standard InChI is InChI=1S/C22H25Cl2N3O6/c1-6-32-17-11-13(10-15(24)20(17)33-7-2)26-27-18(12(3)28)22(29)25-19-14(23)8-9-16(30-4)21(19)31-5/h8-11,18H,6-7H2,1-5H3,(H,25,29). The topological polar surface area (TPSA) is 108 Å². The number of carbonyl (C=O) groups excluding carboxylic acids is 2. The van der Waals surface area contributed by atoms with E-state index < -0.39 is 17.7 Å². The average Bonchev–Trinajstić information content (AvgIpc) is 2.77. The number of hydrogen-bond donors (Lipinski definition) is 1. The number of nitrogens with one attached hydrogen (secondary N) is 1. The highest BCUT2D eigenvalue weighted by Crippen LogP contribution is 2.41. The molecule has 33 heavy (non-hydrogen) atoms. The van der Waals surface area contributed by atoms with Crippen LogP contribution in [0.3, 0.4) is 0 Å². The summed E-state index contributed by atoms with van der Waals surface area (Å²) >= 11 is 12.5. The number of nitrogens with zero attached hydrogens (tertiary/aromatic N) is 2. The van der Waals surface area contributed by atoms with Crippen molar-refractivity contribution in [2.24, 2.45) is 10.2 Å². The van der Waals surface area contributed by atoms with Gasteiger partial charge < -0.3 is 24.3 Å². The fraction of sp³-hybridized carbons (Fsp3) is 0.364. The van der Waals surface area contributed by atoms with E-state index >= 15 is 0 Å². The van der Waals surface area contributed by atoms with Crippen LogP contribution < -0.4 is 24.3 Å². The van der Waals surface area contributed by atoms with Crippen molar-refractivity contribution in [1.82, 2.24) is 0 Å². The zero-order chi connectivity index (χ0) is 24.5. The highest BCUT2D eigenvalue weighted by atomic mass is 35.5. The SMILES string of the molecule is CCOc1cc(N=NC(C(C)=O)C(=O)Nc2c(Cl)ccc(OC)c2OC)cc(Cl)c1OCC. The molecule has 0 bridgehead atoms. The first-order valence-electron chi connectivity index (χ1n) is 9.99. The molecule has 1 unspecified atom stereocenters. The first-order chi connectivity index (χ1) is 15.8. The lowest BCUT2D eigenvalue weighted by atomic mass is 10.2. The third kappa shape index (κ3) is 6.49. The first kappa shape index (κ1) is 26.2. The van der Waals surface area contributed by atoms with Gasteiger partial charge in [-0.05, 0) is 39.0 Å². The van der Waals surface area contributed by atoms with E-state index in [1.54, 1.807) is 12.1 Å². The number of amides is 1. The zero-order valence-corrected chi connectivity index (χ0v) is 20.4. The summed E-state index contributed by atoms with van der Waals surface area (Å²) in [5, 5.41) is 11.0. The third-order valence-electron chi connectivity index (χ3n) is 4.25. The minimum atomic E-state index is -1.45. The van der Waals surface area contributed by atoms with Gasteiger partial charge in [0, 0.05) is 6.07 Å². The number of ether oxygens (including phenoxy) is 4. The molecule has 2 rings (SSSR count). The Morgan fingerprint density at radius 2 is 1.67 bits per heavy atom. The van der Waals surface area contributed by atoms with Gasteiger partial charge in [0.25, 0.3) is 5.91 Å². The van der Waals surface area contributed by atoms with Gasteiger partial charge in [0.2, 0.25) is 6.04 Å². The van der Waals surface area contributed by atoms with Crippen LogP contribution in [0.25, 0.3) is 0 Å². The predicted molar refractivity (Wildman–Crippen MR) is 126 cm³/mol. The van der Waals surface area contributed by atoms with Crippen LogP contribution in [0, 0.1) is 0 Å². The van der Waals surface area contributed by atoms with E-state index in [1.165, 1.54) is 33.3 Å². The number of halogens is 2. The molecular weight excluding hydrogens is 473 g/mol. The Balaban J connectivity index is 2.35. The van der Waals surface area contributed by atoms with Gasteiger partial charge in [-0.15, -0.1) is 0 Å². The largest absolute Gasteiger partial charge is 0.493 e. The second-order valence-corrected chi connectivity index (χ2v) is 7.31. The molecule has 9 nitrogen and oxygen atoms in total. The van der Waals surface area contributed by atoms with Crippen molar-refractivity contribution in [1.29, 1.82) is 0 Å². The summed E-state index contributed by atoms with van der Waals surface area (Å²) < 4.78 is 21.6. The second-order valence-electron chi connectivity index (χ2n) is 6.50. The summed E-state index contributed by atoms with van der Waals surface area (Å²) in [5.41, 5.74) is 0.427. The van der Waals surface area contributed by atoms with Crippen LogP contribution in [-0.2, 0) is 9.59 Å². The molecule has 2 aromatic rings. The molecule has 0 aliphatic rings. The Hall–Kier alpha value is -3.04. The van der Waals surface area contributed by atoms with Gasteiger partial charge in [-0.25, -0.2) is 0 Å². The quantitative estimate of drug-likeness (QED) is 0.324. The number of rotatable bonds is 11. The maximum atomic E-state index is 12.9. The molecule has 2 aromatic carbocycles.